The third-order valence-corrected chi connectivity index (χ3v) is 3.24. The molecule has 0 radical (unpaired) electrons. The van der Waals surface area contributed by atoms with E-state index in [0.717, 1.165) is 11.4 Å². The summed E-state index contributed by atoms with van der Waals surface area (Å²) in [5, 5.41) is 16.6. The number of aromatic carboxylic acids is 1. The number of hydrogen-bond acceptors (Lipinski definition) is 4. The van der Waals surface area contributed by atoms with Crippen molar-refractivity contribution in [2.24, 2.45) is 0 Å². The highest BCUT2D eigenvalue weighted by Crippen LogP contribution is 2.09. The lowest BCUT2D eigenvalue weighted by Crippen LogP contribution is -2.21. The Morgan fingerprint density at radius 1 is 1.38 bits per heavy atom. The monoisotopic (exact) mass is 288 g/mol. The van der Waals surface area contributed by atoms with Crippen molar-refractivity contribution in [3.05, 3.63) is 47.5 Å². The van der Waals surface area contributed by atoms with Gasteiger partial charge in [-0.2, -0.15) is 5.10 Å². The van der Waals surface area contributed by atoms with E-state index in [1.54, 1.807) is 18.5 Å². The van der Waals surface area contributed by atoms with Crippen LogP contribution >= 0.6 is 0 Å². The van der Waals surface area contributed by atoms with Crippen molar-refractivity contribution in [2.45, 2.75) is 32.9 Å². The SMILES string of the molecule is CC(C)n1ncnc1CNCCc1ccccc1C(=O)O. The topological polar surface area (TPSA) is 80.0 Å². The van der Waals surface area contributed by atoms with Gasteiger partial charge in [0.2, 0.25) is 0 Å². The van der Waals surface area contributed by atoms with E-state index in [0.29, 0.717) is 25.1 Å². The number of aromatic nitrogens is 3. The van der Waals surface area contributed by atoms with Gasteiger partial charge in [0, 0.05) is 6.04 Å². The minimum absolute atomic E-state index is 0.275. The first-order valence-corrected chi connectivity index (χ1v) is 7.00. The smallest absolute Gasteiger partial charge is 0.335 e. The fraction of sp³-hybridized carbons (Fsp3) is 0.400. The molecule has 0 fully saturated rings. The quantitative estimate of drug-likeness (QED) is 0.760. The number of carbonyl (C=O) groups is 1. The molecule has 0 spiro atoms. The maximum atomic E-state index is 11.1. The highest BCUT2D eigenvalue weighted by Gasteiger charge is 2.09. The predicted octanol–water partition coefficient (Wildman–Crippen LogP) is 1.89. The molecule has 1 aromatic carbocycles. The molecule has 1 heterocycles. The van der Waals surface area contributed by atoms with Gasteiger partial charge < -0.3 is 10.4 Å². The van der Waals surface area contributed by atoms with Gasteiger partial charge in [-0.15, -0.1) is 0 Å². The average molecular weight is 288 g/mol. The summed E-state index contributed by atoms with van der Waals surface area (Å²) in [5.41, 5.74) is 1.20. The number of nitrogens with one attached hydrogen (secondary N) is 1. The Hall–Kier alpha value is -2.21. The Kier molecular flexibility index (Phi) is 5.05. The summed E-state index contributed by atoms with van der Waals surface area (Å²) < 4.78 is 1.87. The molecule has 112 valence electrons. The second-order valence-corrected chi connectivity index (χ2v) is 5.10. The van der Waals surface area contributed by atoms with Crippen molar-refractivity contribution in [2.75, 3.05) is 6.54 Å². The van der Waals surface area contributed by atoms with E-state index in [4.69, 9.17) is 5.11 Å². The fourth-order valence-corrected chi connectivity index (χ4v) is 2.20. The Morgan fingerprint density at radius 3 is 2.86 bits per heavy atom. The normalized spacial score (nSPS) is 11.0. The molecule has 6 nitrogen and oxygen atoms in total. The molecule has 0 saturated heterocycles. The van der Waals surface area contributed by atoms with Gasteiger partial charge in [0.1, 0.15) is 12.2 Å². The molecule has 0 atom stereocenters. The number of carboxylic acid groups (broad SMARTS) is 1. The zero-order chi connectivity index (χ0) is 15.2. The summed E-state index contributed by atoms with van der Waals surface area (Å²) in [7, 11) is 0. The summed E-state index contributed by atoms with van der Waals surface area (Å²) in [6.07, 6.45) is 2.22. The van der Waals surface area contributed by atoms with Crippen LogP contribution in [0, 0.1) is 0 Å². The van der Waals surface area contributed by atoms with Crippen LogP contribution in [-0.2, 0) is 13.0 Å². The minimum atomic E-state index is -0.884. The molecule has 0 aliphatic heterocycles. The maximum absolute atomic E-state index is 11.1. The van der Waals surface area contributed by atoms with E-state index in [1.807, 2.05) is 16.8 Å². The van der Waals surface area contributed by atoms with Crippen molar-refractivity contribution < 1.29 is 9.90 Å². The van der Waals surface area contributed by atoms with Gasteiger partial charge in [-0.1, -0.05) is 18.2 Å². The minimum Gasteiger partial charge on any atom is -0.478 e. The van der Waals surface area contributed by atoms with Crippen LogP contribution in [0.25, 0.3) is 0 Å². The van der Waals surface area contributed by atoms with Crippen LogP contribution < -0.4 is 5.32 Å². The molecule has 0 bridgehead atoms. The molecule has 0 aliphatic rings. The molecule has 6 heteroatoms. The summed E-state index contributed by atoms with van der Waals surface area (Å²) >= 11 is 0. The largest absolute Gasteiger partial charge is 0.478 e. The molecule has 1 aromatic heterocycles. The molecular formula is C15H20N4O2. The number of carboxylic acids is 1. The molecule has 21 heavy (non-hydrogen) atoms. The van der Waals surface area contributed by atoms with E-state index in [-0.39, 0.29) is 6.04 Å². The lowest BCUT2D eigenvalue weighted by atomic mass is 10.0. The molecule has 0 saturated carbocycles. The van der Waals surface area contributed by atoms with Crippen LogP contribution in [0.2, 0.25) is 0 Å². The molecule has 0 amide bonds. The highest BCUT2D eigenvalue weighted by molar-refractivity contribution is 5.89. The second kappa shape index (κ2) is 6.99. The van der Waals surface area contributed by atoms with Gasteiger partial charge in [0.15, 0.2) is 0 Å². The first-order valence-electron chi connectivity index (χ1n) is 7.00. The predicted molar refractivity (Wildman–Crippen MR) is 79.2 cm³/mol. The Balaban J connectivity index is 1.88. The van der Waals surface area contributed by atoms with Crippen molar-refractivity contribution in [1.82, 2.24) is 20.1 Å². The highest BCUT2D eigenvalue weighted by atomic mass is 16.4. The third-order valence-electron chi connectivity index (χ3n) is 3.24. The van der Waals surface area contributed by atoms with Crippen LogP contribution in [0.3, 0.4) is 0 Å². The van der Waals surface area contributed by atoms with Gasteiger partial charge in [0.25, 0.3) is 0 Å². The van der Waals surface area contributed by atoms with E-state index in [2.05, 4.69) is 29.2 Å². The standard InChI is InChI=1S/C15H20N4O2/c1-11(2)19-14(17-10-18-19)9-16-8-7-12-5-3-4-6-13(12)15(20)21/h3-6,10-11,16H,7-9H2,1-2H3,(H,20,21). The summed E-state index contributed by atoms with van der Waals surface area (Å²) in [4.78, 5) is 15.3. The van der Waals surface area contributed by atoms with Gasteiger partial charge in [0.05, 0.1) is 12.1 Å². The summed E-state index contributed by atoms with van der Waals surface area (Å²) in [5.74, 6) is 0.00155. The Bertz CT molecular complexity index is 607. The zero-order valence-corrected chi connectivity index (χ0v) is 12.3. The second-order valence-electron chi connectivity index (χ2n) is 5.10. The van der Waals surface area contributed by atoms with Gasteiger partial charge in [-0.05, 0) is 38.4 Å². The van der Waals surface area contributed by atoms with Crippen molar-refractivity contribution in [3.63, 3.8) is 0 Å². The van der Waals surface area contributed by atoms with Crippen LogP contribution in [0.1, 0.15) is 41.6 Å². The van der Waals surface area contributed by atoms with E-state index >= 15 is 0 Å². The number of rotatable bonds is 7. The van der Waals surface area contributed by atoms with Gasteiger partial charge in [-0.3, -0.25) is 0 Å². The van der Waals surface area contributed by atoms with Crippen LogP contribution in [0.15, 0.2) is 30.6 Å². The number of nitrogens with zero attached hydrogens (tertiary/aromatic N) is 3. The first-order chi connectivity index (χ1) is 10.1. The van der Waals surface area contributed by atoms with E-state index in [9.17, 15) is 4.79 Å². The van der Waals surface area contributed by atoms with Crippen LogP contribution in [0.5, 0.6) is 0 Å². The molecule has 0 unspecified atom stereocenters. The van der Waals surface area contributed by atoms with Crippen LogP contribution in [0.4, 0.5) is 0 Å². The maximum Gasteiger partial charge on any atom is 0.335 e. The van der Waals surface area contributed by atoms with Crippen LogP contribution in [-0.4, -0.2) is 32.4 Å². The lowest BCUT2D eigenvalue weighted by molar-refractivity contribution is 0.0695. The number of benzene rings is 1. The third kappa shape index (κ3) is 3.88. The summed E-state index contributed by atoms with van der Waals surface area (Å²) in [6, 6.07) is 7.36. The lowest BCUT2D eigenvalue weighted by Gasteiger charge is -2.10. The Morgan fingerprint density at radius 2 is 2.14 bits per heavy atom. The molecule has 2 N–H and O–H groups in total. The fourth-order valence-electron chi connectivity index (χ4n) is 2.20. The van der Waals surface area contributed by atoms with Crippen molar-refractivity contribution >= 4 is 5.97 Å². The molecule has 0 aliphatic carbocycles. The summed E-state index contributed by atoms with van der Waals surface area (Å²) in [6.45, 7) is 5.42. The molecule has 2 aromatic rings. The van der Waals surface area contributed by atoms with Gasteiger partial charge in [-0.25, -0.2) is 14.5 Å². The molecule has 2 rings (SSSR count). The van der Waals surface area contributed by atoms with E-state index < -0.39 is 5.97 Å². The molecular weight excluding hydrogens is 268 g/mol. The average Bonchev–Trinajstić information content (AvgIpc) is 2.92. The first kappa shape index (κ1) is 15.2. The Labute approximate surface area is 123 Å². The van der Waals surface area contributed by atoms with Crippen molar-refractivity contribution in [1.29, 1.82) is 0 Å². The van der Waals surface area contributed by atoms with Crippen molar-refractivity contribution in [3.8, 4) is 0 Å². The van der Waals surface area contributed by atoms with E-state index in [1.165, 1.54) is 0 Å². The number of hydrogen-bond donors (Lipinski definition) is 2. The zero-order valence-electron chi connectivity index (χ0n) is 12.3. The van der Waals surface area contributed by atoms with Gasteiger partial charge >= 0.3 is 5.97 Å².